The summed E-state index contributed by atoms with van der Waals surface area (Å²) in [6.45, 7) is 0. The molecule has 0 atom stereocenters. The maximum absolute atomic E-state index is 11.2. The van der Waals surface area contributed by atoms with Crippen LogP contribution in [0.4, 0.5) is 0 Å². The Morgan fingerprint density at radius 3 is 0.714 bits per heavy atom. The molecule has 0 spiro atoms. The molecule has 0 radical (unpaired) electrons. The van der Waals surface area contributed by atoms with E-state index in [4.69, 9.17) is 0 Å². The van der Waals surface area contributed by atoms with Gasteiger partial charge in [0.1, 0.15) is 0 Å². The van der Waals surface area contributed by atoms with Gasteiger partial charge in [-0.05, 0) is 154 Å². The SMILES string of the molecule is N#Cc1cc(C#N)c(-c2c3c4ccc5c6cccc7cccc(c8ccc(c3c(-c3c(C#N)cc(C#N)cc3C#N)c3c9ccc%10c%11cccc%12cccc(c%13ccc(c23)c9c%13%10)c%12%11)c4c58)c76)c(C#N)c1. The van der Waals surface area contributed by atoms with Gasteiger partial charge in [-0.3, -0.25) is 0 Å². The van der Waals surface area contributed by atoms with Crippen molar-refractivity contribution in [2.24, 2.45) is 0 Å². The van der Waals surface area contributed by atoms with Crippen LogP contribution in [-0.2, 0) is 0 Å². The Morgan fingerprint density at radius 1 is 0.214 bits per heavy atom. The van der Waals surface area contributed by atoms with Crippen LogP contribution in [0.2, 0.25) is 0 Å². The summed E-state index contributed by atoms with van der Waals surface area (Å²) in [6.07, 6.45) is 0. The summed E-state index contributed by atoms with van der Waals surface area (Å²) < 4.78 is 0. The summed E-state index contributed by atoms with van der Waals surface area (Å²) in [5.74, 6) is 0. The van der Waals surface area contributed by atoms with E-state index in [0.29, 0.717) is 22.3 Å². The lowest BCUT2D eigenvalue weighted by Crippen LogP contribution is -1.97. The van der Waals surface area contributed by atoms with Crippen LogP contribution in [0, 0.1) is 68.0 Å². The van der Waals surface area contributed by atoms with Gasteiger partial charge in [0.05, 0.1) is 69.8 Å². The first kappa shape index (κ1) is 37.6. The summed E-state index contributed by atoms with van der Waals surface area (Å²) in [4.78, 5) is 0. The number of nitrogens with zero attached hydrogens (tertiary/aromatic N) is 6. The van der Waals surface area contributed by atoms with Crippen LogP contribution in [0.1, 0.15) is 33.4 Å². The molecule has 0 amide bonds. The Bertz CT molecular complexity index is 4630. The molecule has 0 unspecified atom stereocenters. The summed E-state index contributed by atoms with van der Waals surface area (Å²) in [5, 5.41) is 89.2. The Morgan fingerprint density at radius 2 is 0.457 bits per heavy atom. The lowest BCUT2D eigenvalue weighted by molar-refractivity contribution is 1.42. The molecule has 0 aliphatic heterocycles. The lowest BCUT2D eigenvalue weighted by Gasteiger charge is -2.18. The van der Waals surface area contributed by atoms with Crippen molar-refractivity contribution in [3.8, 4) is 58.7 Å². The summed E-state index contributed by atoms with van der Waals surface area (Å²) >= 11 is 0. The van der Waals surface area contributed by atoms with Crippen molar-refractivity contribution >= 4 is 129 Å². The molecule has 0 aliphatic carbocycles. The van der Waals surface area contributed by atoms with Gasteiger partial charge in [-0.25, -0.2) is 0 Å². The highest BCUT2D eigenvalue weighted by Crippen LogP contribution is 2.59. The number of rotatable bonds is 2. The number of hydrogen-bond acceptors (Lipinski definition) is 6. The minimum atomic E-state index is 0.180. The fourth-order valence-electron chi connectivity index (χ4n) is 12.9. The summed E-state index contributed by atoms with van der Waals surface area (Å²) in [6, 6.07) is 63.2. The van der Waals surface area contributed by atoms with Gasteiger partial charge in [0.2, 0.25) is 0 Å². The first-order valence-corrected chi connectivity index (χ1v) is 22.8. The lowest BCUT2D eigenvalue weighted by atomic mass is 9.82. The van der Waals surface area contributed by atoms with Crippen LogP contribution in [0.3, 0.4) is 0 Å². The van der Waals surface area contributed by atoms with Crippen LogP contribution < -0.4 is 0 Å². The normalized spacial score (nSPS) is 11.9. The van der Waals surface area contributed by atoms with E-state index in [1.807, 2.05) is 0 Å². The highest BCUT2D eigenvalue weighted by molar-refractivity contribution is 6.51. The maximum atomic E-state index is 11.2. The molecule has 15 aromatic carbocycles. The third-order valence-corrected chi connectivity index (χ3v) is 15.4. The van der Waals surface area contributed by atoms with Gasteiger partial charge in [0.15, 0.2) is 0 Å². The van der Waals surface area contributed by atoms with Crippen molar-refractivity contribution in [1.82, 2.24) is 0 Å². The quantitative estimate of drug-likeness (QED) is 0.125. The van der Waals surface area contributed by atoms with Crippen molar-refractivity contribution in [3.63, 3.8) is 0 Å². The van der Waals surface area contributed by atoms with Gasteiger partial charge in [-0.15, -0.1) is 0 Å². The molecule has 15 aromatic rings. The number of nitriles is 6. The van der Waals surface area contributed by atoms with Crippen molar-refractivity contribution in [2.75, 3.05) is 0 Å². The van der Waals surface area contributed by atoms with Crippen LogP contribution >= 0.6 is 0 Å². The average Bonchev–Trinajstić information content (AvgIpc) is 3.94. The molecule has 310 valence electrons. The van der Waals surface area contributed by atoms with E-state index in [9.17, 15) is 31.6 Å². The van der Waals surface area contributed by atoms with Gasteiger partial charge in [-0.1, -0.05) is 121 Å². The van der Waals surface area contributed by atoms with E-state index in [0.717, 1.165) is 118 Å². The minimum Gasteiger partial charge on any atom is -0.192 e. The van der Waals surface area contributed by atoms with E-state index in [1.54, 1.807) is 24.3 Å². The summed E-state index contributed by atoms with van der Waals surface area (Å²) in [7, 11) is 0. The molecule has 0 heterocycles. The molecule has 0 N–H and O–H groups in total. The smallest absolute Gasteiger partial charge is 0.0999 e. The van der Waals surface area contributed by atoms with E-state index >= 15 is 0 Å². The highest BCUT2D eigenvalue weighted by atomic mass is 14.4. The first-order chi connectivity index (χ1) is 34.5. The predicted octanol–water partition coefficient (Wildman–Crippen LogP) is 15.8. The molecule has 0 saturated carbocycles. The van der Waals surface area contributed by atoms with Crippen molar-refractivity contribution in [1.29, 1.82) is 31.6 Å². The largest absolute Gasteiger partial charge is 0.192 e. The zero-order valence-electron chi connectivity index (χ0n) is 36.5. The van der Waals surface area contributed by atoms with Crippen LogP contribution in [-0.4, -0.2) is 0 Å². The van der Waals surface area contributed by atoms with Gasteiger partial charge in [0.25, 0.3) is 0 Å². The number of benzene rings is 13. The van der Waals surface area contributed by atoms with Crippen LogP contribution in [0.15, 0.2) is 146 Å². The van der Waals surface area contributed by atoms with Gasteiger partial charge >= 0.3 is 0 Å². The fourth-order valence-corrected chi connectivity index (χ4v) is 12.9. The fraction of sp³-hybridized carbons (Fsp3) is 0. The average molecular weight is 877 g/mol. The third-order valence-electron chi connectivity index (χ3n) is 15.4. The molecule has 15 rings (SSSR count). The Hall–Kier alpha value is -10.6. The molecule has 0 aromatic heterocycles. The van der Waals surface area contributed by atoms with E-state index in [2.05, 4.69) is 158 Å². The molecule has 70 heavy (non-hydrogen) atoms. The van der Waals surface area contributed by atoms with E-state index in [1.165, 1.54) is 10.8 Å². The molecule has 0 saturated heterocycles. The Labute approximate surface area is 396 Å². The molecule has 0 fully saturated rings. The van der Waals surface area contributed by atoms with Gasteiger partial charge in [0, 0.05) is 22.3 Å². The van der Waals surface area contributed by atoms with E-state index < -0.39 is 0 Å². The topological polar surface area (TPSA) is 143 Å². The second kappa shape index (κ2) is 13.1. The van der Waals surface area contributed by atoms with Crippen molar-refractivity contribution in [2.45, 2.75) is 0 Å². The predicted molar refractivity (Wildman–Crippen MR) is 280 cm³/mol. The van der Waals surface area contributed by atoms with Gasteiger partial charge in [-0.2, -0.15) is 31.6 Å². The zero-order chi connectivity index (χ0) is 46.8. The molecule has 6 nitrogen and oxygen atoms in total. The Balaban J connectivity index is 1.30. The van der Waals surface area contributed by atoms with Crippen molar-refractivity contribution in [3.05, 3.63) is 179 Å². The van der Waals surface area contributed by atoms with Crippen LogP contribution in [0.5, 0.6) is 0 Å². The zero-order valence-corrected chi connectivity index (χ0v) is 36.5. The van der Waals surface area contributed by atoms with Crippen LogP contribution in [0.25, 0.3) is 152 Å². The van der Waals surface area contributed by atoms with E-state index in [-0.39, 0.29) is 33.4 Å². The molecule has 0 aliphatic rings. The second-order valence-corrected chi connectivity index (χ2v) is 18.4. The minimum absolute atomic E-state index is 0.180. The summed E-state index contributed by atoms with van der Waals surface area (Å²) in [5.41, 5.74) is 3.25. The van der Waals surface area contributed by atoms with Gasteiger partial charge < -0.3 is 0 Å². The molecule has 6 heteroatoms. The standard InChI is InChI=1S/C64H24N6/c65-25-31-21-35(27-67)51(36(22-31)28-68)63-59-47-17-13-43-39-9-1-5-33-6-2-10-40(53(33)39)44-14-18-48(57(47)55(43)44)60(59)64(52-37(29-69)23-32(26-66)24-38(52)30-70)62-50-20-16-46-42-12-4-8-34-7-3-11-41(54(34)42)45-15-19-49(61(62)63)58(50)56(45)46/h1-24H. The monoisotopic (exact) mass is 876 g/mol. The first-order valence-electron chi connectivity index (χ1n) is 22.8. The molecule has 0 bridgehead atoms. The highest BCUT2D eigenvalue weighted by Gasteiger charge is 2.33. The maximum Gasteiger partial charge on any atom is 0.0999 e. The Kier molecular flexibility index (Phi) is 7.01. The second-order valence-electron chi connectivity index (χ2n) is 18.4. The molecular formula is C64H24N6. The number of hydrogen-bond donors (Lipinski definition) is 0. The van der Waals surface area contributed by atoms with Crippen molar-refractivity contribution < 1.29 is 0 Å². The third kappa shape index (κ3) is 4.33. The number of fused-ring (bicyclic) bond motifs is 10. The molecular weight excluding hydrogens is 853 g/mol.